The fraction of sp³-hybridized carbons (Fsp3) is 0.312. The first-order valence-electron chi connectivity index (χ1n) is 7.21. The lowest BCUT2D eigenvalue weighted by molar-refractivity contribution is -0.132. The van der Waals surface area contributed by atoms with Crippen molar-refractivity contribution < 1.29 is 14.1 Å². The second-order valence-corrected chi connectivity index (χ2v) is 6.20. The first kappa shape index (κ1) is 18.3. The van der Waals surface area contributed by atoms with Crippen LogP contribution in [-0.2, 0) is 11.3 Å². The molecule has 128 valence electrons. The molecule has 0 saturated carbocycles. The number of carbonyl (C=O) groups excluding carboxylic acids is 2. The lowest BCUT2D eigenvalue weighted by Gasteiger charge is -2.21. The van der Waals surface area contributed by atoms with Gasteiger partial charge in [-0.3, -0.25) is 9.59 Å². The maximum atomic E-state index is 12.4. The largest absolute Gasteiger partial charge is 0.361 e. The topological polar surface area (TPSA) is 75.4 Å². The van der Waals surface area contributed by atoms with Crippen molar-refractivity contribution in [1.29, 1.82) is 0 Å². The monoisotopic (exact) mass is 369 g/mol. The zero-order valence-electron chi connectivity index (χ0n) is 13.5. The van der Waals surface area contributed by atoms with Crippen LogP contribution in [0.5, 0.6) is 0 Å². The van der Waals surface area contributed by atoms with E-state index < -0.39 is 11.9 Å². The number of likely N-dealkylation sites (N-methyl/N-ethyl adjacent to an activating group) is 1. The Morgan fingerprint density at radius 1 is 1.38 bits per heavy atom. The standard InChI is InChI=1S/C16H17Cl2N3O3/c1-9-7-11(20-24-9)8-21(3)16(23)10(2)19-15(22)12-5-4-6-13(17)14(12)18/h4-7,10H,8H2,1-3H3,(H,19,22). The molecule has 1 aromatic carbocycles. The molecule has 1 aromatic heterocycles. The molecule has 6 nitrogen and oxygen atoms in total. The van der Waals surface area contributed by atoms with Crippen LogP contribution in [0.15, 0.2) is 28.8 Å². The number of carbonyl (C=O) groups is 2. The minimum atomic E-state index is -0.731. The highest BCUT2D eigenvalue weighted by atomic mass is 35.5. The van der Waals surface area contributed by atoms with Crippen molar-refractivity contribution in [1.82, 2.24) is 15.4 Å². The normalized spacial score (nSPS) is 11.9. The summed E-state index contributed by atoms with van der Waals surface area (Å²) in [6.07, 6.45) is 0. The third-order valence-corrected chi connectivity index (χ3v) is 4.19. The number of aromatic nitrogens is 1. The van der Waals surface area contributed by atoms with Crippen LogP contribution in [0, 0.1) is 6.92 Å². The highest BCUT2D eigenvalue weighted by Crippen LogP contribution is 2.25. The Kier molecular flexibility index (Phi) is 5.85. The molecule has 0 spiro atoms. The van der Waals surface area contributed by atoms with Gasteiger partial charge in [0.05, 0.1) is 22.2 Å². The van der Waals surface area contributed by atoms with E-state index in [1.807, 2.05) is 0 Å². The molecule has 1 N–H and O–H groups in total. The lowest BCUT2D eigenvalue weighted by Crippen LogP contribution is -2.45. The predicted octanol–water partition coefficient (Wildman–Crippen LogP) is 3.07. The summed E-state index contributed by atoms with van der Waals surface area (Å²) in [6, 6.07) is 5.77. The first-order chi connectivity index (χ1) is 11.3. The zero-order chi connectivity index (χ0) is 17.9. The van der Waals surface area contributed by atoms with Crippen molar-refractivity contribution in [3.63, 3.8) is 0 Å². The molecule has 1 unspecified atom stereocenters. The molecule has 8 heteroatoms. The van der Waals surface area contributed by atoms with E-state index in [1.54, 1.807) is 45.2 Å². The van der Waals surface area contributed by atoms with Gasteiger partial charge in [0, 0.05) is 13.1 Å². The van der Waals surface area contributed by atoms with Gasteiger partial charge in [0.15, 0.2) is 0 Å². The van der Waals surface area contributed by atoms with E-state index in [2.05, 4.69) is 10.5 Å². The molecule has 24 heavy (non-hydrogen) atoms. The highest BCUT2D eigenvalue weighted by Gasteiger charge is 2.22. The second-order valence-electron chi connectivity index (χ2n) is 5.42. The summed E-state index contributed by atoms with van der Waals surface area (Å²) in [7, 11) is 1.63. The maximum Gasteiger partial charge on any atom is 0.253 e. The van der Waals surface area contributed by atoms with Crippen LogP contribution in [-0.4, -0.2) is 35.0 Å². The van der Waals surface area contributed by atoms with Gasteiger partial charge in [0.25, 0.3) is 5.91 Å². The molecule has 2 aromatic rings. The number of nitrogens with zero attached hydrogens (tertiary/aromatic N) is 2. The van der Waals surface area contributed by atoms with Crippen LogP contribution in [0.25, 0.3) is 0 Å². The number of aryl methyl sites for hydroxylation is 1. The summed E-state index contributed by atoms with van der Waals surface area (Å²) in [5.41, 5.74) is 0.860. The Balaban J connectivity index is 2.00. The molecule has 0 aliphatic heterocycles. The van der Waals surface area contributed by atoms with Crippen LogP contribution in [0.3, 0.4) is 0 Å². The molecule has 1 heterocycles. The van der Waals surface area contributed by atoms with Gasteiger partial charge in [-0.05, 0) is 26.0 Å². The molecule has 0 fully saturated rings. The summed E-state index contributed by atoms with van der Waals surface area (Å²) in [4.78, 5) is 26.1. The third-order valence-electron chi connectivity index (χ3n) is 3.37. The fourth-order valence-corrected chi connectivity index (χ4v) is 2.55. The van der Waals surface area contributed by atoms with E-state index in [-0.39, 0.29) is 28.1 Å². The Bertz CT molecular complexity index is 761. The Hall–Kier alpha value is -2.05. The van der Waals surface area contributed by atoms with Crippen molar-refractivity contribution in [3.05, 3.63) is 51.3 Å². The minimum Gasteiger partial charge on any atom is -0.361 e. The van der Waals surface area contributed by atoms with Gasteiger partial charge in [-0.25, -0.2) is 0 Å². The Labute approximate surface area is 149 Å². The summed E-state index contributed by atoms with van der Waals surface area (Å²) in [6.45, 7) is 3.66. The maximum absolute atomic E-state index is 12.4. The average molecular weight is 370 g/mol. The van der Waals surface area contributed by atoms with Gasteiger partial charge in [-0.1, -0.05) is 34.4 Å². The summed E-state index contributed by atoms with van der Waals surface area (Å²) < 4.78 is 4.97. The quantitative estimate of drug-likeness (QED) is 0.878. The number of amides is 2. The van der Waals surface area contributed by atoms with Crippen LogP contribution >= 0.6 is 23.2 Å². The molecular weight excluding hydrogens is 353 g/mol. The molecule has 1 atom stereocenters. The Morgan fingerprint density at radius 3 is 2.71 bits per heavy atom. The van der Waals surface area contributed by atoms with E-state index in [0.29, 0.717) is 11.5 Å². The van der Waals surface area contributed by atoms with E-state index >= 15 is 0 Å². The summed E-state index contributed by atoms with van der Waals surface area (Å²) in [5, 5.41) is 6.89. The fourth-order valence-electron chi connectivity index (χ4n) is 2.16. The minimum absolute atomic E-state index is 0.155. The van der Waals surface area contributed by atoms with Crippen molar-refractivity contribution >= 4 is 35.0 Å². The average Bonchev–Trinajstić information content (AvgIpc) is 2.93. The molecule has 2 amide bonds. The number of nitrogens with one attached hydrogen (secondary N) is 1. The van der Waals surface area contributed by atoms with E-state index in [4.69, 9.17) is 27.7 Å². The van der Waals surface area contributed by atoms with Crippen molar-refractivity contribution in [2.75, 3.05) is 7.05 Å². The molecule has 0 aliphatic carbocycles. The van der Waals surface area contributed by atoms with Gasteiger partial charge < -0.3 is 14.7 Å². The first-order valence-corrected chi connectivity index (χ1v) is 7.97. The SMILES string of the molecule is Cc1cc(CN(C)C(=O)C(C)NC(=O)c2cccc(Cl)c2Cl)no1. The van der Waals surface area contributed by atoms with Gasteiger partial charge in [-0.15, -0.1) is 0 Å². The van der Waals surface area contributed by atoms with E-state index in [0.717, 1.165) is 0 Å². The number of rotatable bonds is 5. The van der Waals surface area contributed by atoms with E-state index in [1.165, 1.54) is 4.90 Å². The summed E-state index contributed by atoms with van der Waals surface area (Å²) in [5.74, 6) is -0.0565. The molecule has 0 radical (unpaired) electrons. The number of hydrogen-bond acceptors (Lipinski definition) is 4. The van der Waals surface area contributed by atoms with Crippen molar-refractivity contribution in [3.8, 4) is 0 Å². The van der Waals surface area contributed by atoms with Crippen LogP contribution in [0.1, 0.15) is 28.7 Å². The van der Waals surface area contributed by atoms with Gasteiger partial charge in [-0.2, -0.15) is 0 Å². The lowest BCUT2D eigenvalue weighted by atomic mass is 10.2. The third kappa shape index (κ3) is 4.27. The van der Waals surface area contributed by atoms with Crippen molar-refractivity contribution in [2.45, 2.75) is 26.4 Å². The predicted molar refractivity (Wildman–Crippen MR) is 91.1 cm³/mol. The Morgan fingerprint density at radius 2 is 2.08 bits per heavy atom. The summed E-state index contributed by atoms with van der Waals surface area (Å²) >= 11 is 11.9. The van der Waals surface area contributed by atoms with Crippen LogP contribution < -0.4 is 5.32 Å². The van der Waals surface area contributed by atoms with Gasteiger partial charge in [0.1, 0.15) is 17.5 Å². The smallest absolute Gasteiger partial charge is 0.253 e. The number of hydrogen-bond donors (Lipinski definition) is 1. The van der Waals surface area contributed by atoms with Crippen molar-refractivity contribution in [2.24, 2.45) is 0 Å². The van der Waals surface area contributed by atoms with Crippen LogP contribution in [0.2, 0.25) is 10.0 Å². The molecular formula is C16H17Cl2N3O3. The molecule has 0 aliphatic rings. The molecule has 0 saturated heterocycles. The number of benzene rings is 1. The molecule has 0 bridgehead atoms. The van der Waals surface area contributed by atoms with Gasteiger partial charge in [0.2, 0.25) is 5.91 Å². The zero-order valence-corrected chi connectivity index (χ0v) is 15.0. The van der Waals surface area contributed by atoms with Gasteiger partial charge >= 0.3 is 0 Å². The molecule has 2 rings (SSSR count). The highest BCUT2D eigenvalue weighted by molar-refractivity contribution is 6.43. The van der Waals surface area contributed by atoms with E-state index in [9.17, 15) is 9.59 Å². The number of halogens is 2. The van der Waals surface area contributed by atoms with Crippen LogP contribution in [0.4, 0.5) is 0 Å². The second kappa shape index (κ2) is 7.68.